The Labute approximate surface area is 250 Å². The van der Waals surface area contributed by atoms with Gasteiger partial charge in [0.25, 0.3) is 0 Å². The summed E-state index contributed by atoms with van der Waals surface area (Å²) in [6.07, 6.45) is -0.781. The van der Waals surface area contributed by atoms with Gasteiger partial charge in [0, 0.05) is 96.3 Å². The van der Waals surface area contributed by atoms with E-state index >= 15 is 0 Å². The molecule has 2 amide bonds. The third kappa shape index (κ3) is 6.42. The molecule has 1 aromatic heterocycles. The SMILES string of the molecule is COC1COCCC1NC1CC2CN(C(=O)CCN3CCOCC3)CC2(C(=O)N2CCc3ncc(C(F)(F)F)cc3C2)C1. The molecule has 6 rings (SSSR count). The van der Waals surface area contributed by atoms with E-state index in [1.807, 2.05) is 4.90 Å². The molecule has 10 nitrogen and oxygen atoms in total. The lowest BCUT2D eigenvalue weighted by Crippen LogP contribution is -2.52. The number of hydrogen-bond donors (Lipinski definition) is 1. The molecule has 0 aromatic carbocycles. The third-order valence-electron chi connectivity index (χ3n) is 10.1. The lowest BCUT2D eigenvalue weighted by Gasteiger charge is -2.38. The van der Waals surface area contributed by atoms with Gasteiger partial charge in [0.2, 0.25) is 11.8 Å². The highest BCUT2D eigenvalue weighted by Gasteiger charge is 2.59. The van der Waals surface area contributed by atoms with Gasteiger partial charge in [-0.25, -0.2) is 0 Å². The van der Waals surface area contributed by atoms with Crippen LogP contribution in [0, 0.1) is 11.3 Å². The van der Waals surface area contributed by atoms with Crippen molar-refractivity contribution < 1.29 is 37.0 Å². The van der Waals surface area contributed by atoms with Crippen molar-refractivity contribution in [3.63, 3.8) is 0 Å². The minimum absolute atomic E-state index is 0.0355. The summed E-state index contributed by atoms with van der Waals surface area (Å²) in [6.45, 7) is 6.11. The number of nitrogens with one attached hydrogen (secondary N) is 1. The zero-order valence-corrected chi connectivity index (χ0v) is 24.7. The molecule has 5 heterocycles. The lowest BCUT2D eigenvalue weighted by atomic mass is 9.78. The maximum atomic E-state index is 14.5. The minimum Gasteiger partial charge on any atom is -0.379 e. The summed E-state index contributed by atoms with van der Waals surface area (Å²) in [5, 5.41) is 3.75. The van der Waals surface area contributed by atoms with Crippen LogP contribution in [0.2, 0.25) is 0 Å². The number of rotatable bonds is 7. The second kappa shape index (κ2) is 12.6. The first kappa shape index (κ1) is 30.7. The number of alkyl halides is 3. The van der Waals surface area contributed by atoms with Gasteiger partial charge in [0.15, 0.2) is 0 Å². The van der Waals surface area contributed by atoms with E-state index in [4.69, 9.17) is 14.2 Å². The topological polar surface area (TPSA) is 96.5 Å². The predicted octanol–water partition coefficient (Wildman–Crippen LogP) is 1.71. The normalized spacial score (nSPS) is 31.6. The quantitative estimate of drug-likeness (QED) is 0.500. The van der Waals surface area contributed by atoms with Crippen molar-refractivity contribution in [1.82, 2.24) is 25.0 Å². The van der Waals surface area contributed by atoms with Gasteiger partial charge in [0.05, 0.1) is 36.9 Å². The predicted molar refractivity (Wildman–Crippen MR) is 149 cm³/mol. The van der Waals surface area contributed by atoms with Crippen molar-refractivity contribution in [3.05, 3.63) is 29.1 Å². The van der Waals surface area contributed by atoms with Gasteiger partial charge < -0.3 is 29.3 Å². The number of halogens is 3. The number of nitrogens with zero attached hydrogens (tertiary/aromatic N) is 4. The first-order chi connectivity index (χ1) is 20.7. The van der Waals surface area contributed by atoms with E-state index in [2.05, 4.69) is 15.2 Å². The van der Waals surface area contributed by atoms with E-state index < -0.39 is 17.2 Å². The van der Waals surface area contributed by atoms with Gasteiger partial charge >= 0.3 is 6.18 Å². The van der Waals surface area contributed by atoms with Crippen LogP contribution in [0.3, 0.4) is 0 Å². The molecule has 3 saturated heterocycles. The second-order valence-corrected chi connectivity index (χ2v) is 12.7. The van der Waals surface area contributed by atoms with E-state index in [0.717, 1.165) is 38.2 Å². The van der Waals surface area contributed by atoms with Crippen LogP contribution in [0.15, 0.2) is 12.3 Å². The van der Waals surface area contributed by atoms with Crippen LogP contribution in [0.4, 0.5) is 13.2 Å². The fourth-order valence-electron chi connectivity index (χ4n) is 7.76. The monoisotopic (exact) mass is 609 g/mol. The molecule has 238 valence electrons. The van der Waals surface area contributed by atoms with Crippen molar-refractivity contribution in [3.8, 4) is 0 Å². The molecule has 5 unspecified atom stereocenters. The number of methoxy groups -OCH3 is 1. The Balaban J connectivity index is 1.19. The Hall–Kier alpha value is -2.32. The van der Waals surface area contributed by atoms with Gasteiger partial charge in [-0.05, 0) is 36.8 Å². The molecule has 4 aliphatic heterocycles. The number of carbonyl (C=O) groups is 2. The average Bonchev–Trinajstić information content (AvgIpc) is 3.54. The zero-order chi connectivity index (χ0) is 30.2. The van der Waals surface area contributed by atoms with Crippen LogP contribution in [-0.4, -0.2) is 122 Å². The summed E-state index contributed by atoms with van der Waals surface area (Å²) in [5.41, 5.74) is -0.541. The number of amides is 2. The molecular weight excluding hydrogens is 567 g/mol. The maximum absolute atomic E-state index is 14.5. The van der Waals surface area contributed by atoms with Crippen molar-refractivity contribution in [2.75, 3.05) is 72.8 Å². The molecule has 43 heavy (non-hydrogen) atoms. The van der Waals surface area contributed by atoms with Gasteiger partial charge in [-0.1, -0.05) is 0 Å². The first-order valence-corrected chi connectivity index (χ1v) is 15.4. The highest BCUT2D eigenvalue weighted by Crippen LogP contribution is 2.51. The fraction of sp³-hybridized carbons (Fsp3) is 0.767. The Morgan fingerprint density at radius 2 is 1.98 bits per heavy atom. The van der Waals surface area contributed by atoms with Crippen molar-refractivity contribution in [2.45, 2.75) is 63.0 Å². The molecule has 1 saturated carbocycles. The molecule has 5 aliphatic rings. The molecule has 4 fully saturated rings. The molecule has 1 N–H and O–H groups in total. The fourth-order valence-corrected chi connectivity index (χ4v) is 7.76. The smallest absolute Gasteiger partial charge is 0.379 e. The van der Waals surface area contributed by atoms with Crippen LogP contribution in [0.1, 0.15) is 42.5 Å². The summed E-state index contributed by atoms with van der Waals surface area (Å²) in [7, 11) is 1.68. The Kier molecular flexibility index (Phi) is 8.98. The molecule has 5 atom stereocenters. The minimum atomic E-state index is -4.50. The van der Waals surface area contributed by atoms with E-state index in [0.29, 0.717) is 83.1 Å². The average molecular weight is 610 g/mol. The first-order valence-electron chi connectivity index (χ1n) is 15.4. The van der Waals surface area contributed by atoms with Crippen LogP contribution in [0.25, 0.3) is 0 Å². The van der Waals surface area contributed by atoms with E-state index in [1.54, 1.807) is 12.0 Å². The van der Waals surface area contributed by atoms with Crippen molar-refractivity contribution >= 4 is 11.8 Å². The van der Waals surface area contributed by atoms with E-state index in [1.165, 1.54) is 0 Å². The Morgan fingerprint density at radius 1 is 1.16 bits per heavy atom. The Bertz CT molecular complexity index is 1180. The molecule has 1 aliphatic carbocycles. The van der Waals surface area contributed by atoms with Crippen molar-refractivity contribution in [1.29, 1.82) is 0 Å². The largest absolute Gasteiger partial charge is 0.417 e. The van der Waals surface area contributed by atoms with Crippen LogP contribution in [-0.2, 0) is 42.9 Å². The highest BCUT2D eigenvalue weighted by atomic mass is 19.4. The second-order valence-electron chi connectivity index (χ2n) is 12.7. The van der Waals surface area contributed by atoms with Gasteiger partial charge in [0.1, 0.15) is 0 Å². The summed E-state index contributed by atoms with van der Waals surface area (Å²) in [6, 6.07) is 1.30. The zero-order valence-electron chi connectivity index (χ0n) is 24.7. The summed E-state index contributed by atoms with van der Waals surface area (Å²) < 4.78 is 57.0. The molecule has 13 heteroatoms. The lowest BCUT2D eigenvalue weighted by molar-refractivity contribution is -0.144. The number of likely N-dealkylation sites (tertiary alicyclic amines) is 1. The molecule has 0 radical (unpaired) electrons. The summed E-state index contributed by atoms with van der Waals surface area (Å²) in [4.78, 5) is 37.8. The van der Waals surface area contributed by atoms with Crippen LogP contribution >= 0.6 is 0 Å². The van der Waals surface area contributed by atoms with E-state index in [-0.39, 0.29) is 42.5 Å². The summed E-state index contributed by atoms with van der Waals surface area (Å²) in [5.74, 6) is -0.0558. The molecule has 1 aromatic rings. The number of ether oxygens (including phenoxy) is 3. The standard InChI is InChI=1S/C30H42F3N5O5/c1-41-26-18-43-9-4-25(26)35-23-13-22-17-38(27(39)3-5-36-7-10-42-11-8-36)19-29(22,14-23)28(40)37-6-2-24-20(16-37)12-21(15-34-24)30(31,32)33/h12,15,22-23,25-26,35H,2-11,13-14,16-19H2,1H3. The van der Waals surface area contributed by atoms with Gasteiger partial charge in [-0.2, -0.15) is 13.2 Å². The van der Waals surface area contributed by atoms with Gasteiger partial charge in [-0.3, -0.25) is 19.5 Å². The summed E-state index contributed by atoms with van der Waals surface area (Å²) >= 11 is 0. The number of fused-ring (bicyclic) bond motifs is 2. The third-order valence-corrected chi connectivity index (χ3v) is 10.1. The van der Waals surface area contributed by atoms with Gasteiger partial charge in [-0.15, -0.1) is 0 Å². The number of carbonyl (C=O) groups excluding carboxylic acids is 2. The number of hydrogen-bond acceptors (Lipinski definition) is 8. The van der Waals surface area contributed by atoms with Crippen LogP contribution in [0.5, 0.6) is 0 Å². The Morgan fingerprint density at radius 3 is 2.74 bits per heavy atom. The van der Waals surface area contributed by atoms with E-state index in [9.17, 15) is 22.8 Å². The molecule has 0 bridgehead atoms. The number of pyridine rings is 1. The highest BCUT2D eigenvalue weighted by molar-refractivity contribution is 5.86. The molecule has 0 spiro atoms. The molecular formula is C30H42F3N5O5. The number of morpholine rings is 1. The van der Waals surface area contributed by atoms with Crippen LogP contribution < -0.4 is 5.32 Å². The maximum Gasteiger partial charge on any atom is 0.417 e. The number of aromatic nitrogens is 1. The van der Waals surface area contributed by atoms with Crippen molar-refractivity contribution in [2.24, 2.45) is 11.3 Å².